The van der Waals surface area contributed by atoms with E-state index in [9.17, 15) is 14.9 Å². The lowest BCUT2D eigenvalue weighted by Crippen LogP contribution is -2.17. The van der Waals surface area contributed by atoms with Crippen LogP contribution in [0.25, 0.3) is 0 Å². The van der Waals surface area contributed by atoms with Crippen LogP contribution in [-0.2, 0) is 11.3 Å². The van der Waals surface area contributed by atoms with Crippen LogP contribution in [0.1, 0.15) is 6.92 Å². The molecule has 0 spiro atoms. The molecule has 1 aromatic rings. The molecule has 0 aromatic carbocycles. The van der Waals surface area contributed by atoms with Crippen LogP contribution in [0, 0.1) is 16.0 Å². The summed E-state index contributed by atoms with van der Waals surface area (Å²) in [6, 6.07) is 0. The van der Waals surface area contributed by atoms with Gasteiger partial charge in [-0.3, -0.25) is 4.79 Å². The van der Waals surface area contributed by atoms with Crippen molar-refractivity contribution in [3.8, 4) is 0 Å². The van der Waals surface area contributed by atoms with Gasteiger partial charge in [0.25, 0.3) is 0 Å². The molecule has 0 aliphatic rings. The minimum atomic E-state index is -0.996. The monoisotopic (exact) mass is 233 g/mol. The Labute approximate surface area is 89.4 Å². The minimum absolute atomic E-state index is 0.0445. The number of hydrogen-bond donors (Lipinski definition) is 1. The Bertz CT molecular complexity index is 403. The van der Waals surface area contributed by atoms with Crippen LogP contribution in [0.4, 0.5) is 5.82 Å². The maximum absolute atomic E-state index is 10.5. The maximum atomic E-state index is 10.5. The molecule has 1 rings (SSSR count). The van der Waals surface area contributed by atoms with Crippen molar-refractivity contribution in [3.05, 3.63) is 21.3 Å². The van der Waals surface area contributed by atoms with Gasteiger partial charge in [-0.1, -0.05) is 18.5 Å². The summed E-state index contributed by atoms with van der Waals surface area (Å²) in [6.07, 6.45) is 1.24. The molecule has 0 amide bonds. The zero-order valence-corrected chi connectivity index (χ0v) is 8.51. The summed E-state index contributed by atoms with van der Waals surface area (Å²) in [6.45, 7) is 1.52. The Morgan fingerprint density at radius 1 is 1.87 bits per heavy atom. The van der Waals surface area contributed by atoms with Crippen molar-refractivity contribution >= 4 is 23.4 Å². The molecule has 0 saturated heterocycles. The molecule has 0 aliphatic carbocycles. The fraction of sp³-hybridized carbons (Fsp3) is 0.429. The molecule has 1 unspecified atom stereocenters. The van der Waals surface area contributed by atoms with Crippen LogP contribution in [0.15, 0.2) is 6.20 Å². The average Bonchev–Trinajstić information content (AvgIpc) is 2.46. The van der Waals surface area contributed by atoms with E-state index in [1.165, 1.54) is 13.1 Å². The highest BCUT2D eigenvalue weighted by Crippen LogP contribution is 2.21. The van der Waals surface area contributed by atoms with Gasteiger partial charge in [0.15, 0.2) is 5.02 Å². The van der Waals surface area contributed by atoms with Gasteiger partial charge in [0.2, 0.25) is 0 Å². The van der Waals surface area contributed by atoms with E-state index in [-0.39, 0.29) is 11.6 Å². The van der Waals surface area contributed by atoms with Crippen molar-refractivity contribution in [1.29, 1.82) is 0 Å². The second kappa shape index (κ2) is 4.26. The van der Waals surface area contributed by atoms with Gasteiger partial charge in [-0.2, -0.15) is 4.68 Å². The third kappa shape index (κ3) is 2.66. The van der Waals surface area contributed by atoms with E-state index in [2.05, 4.69) is 5.10 Å². The standard InChI is InChI=1S/C7H8ClN3O4/c1-4(7(12)13)2-10-3-5(8)6(9-10)11(14)15/h3-4H,2H2,1H3,(H,12,13). The molecule has 0 fully saturated rings. The molecular weight excluding hydrogens is 226 g/mol. The van der Waals surface area contributed by atoms with Crippen molar-refractivity contribution in [2.24, 2.45) is 5.92 Å². The zero-order chi connectivity index (χ0) is 11.6. The molecule has 1 N–H and O–H groups in total. The highest BCUT2D eigenvalue weighted by Gasteiger charge is 2.21. The first kappa shape index (κ1) is 11.4. The molecule has 1 atom stereocenters. The van der Waals surface area contributed by atoms with Gasteiger partial charge in [-0.15, -0.1) is 0 Å². The number of carboxylic acid groups (broad SMARTS) is 1. The van der Waals surface area contributed by atoms with Crippen LogP contribution < -0.4 is 0 Å². The molecule has 82 valence electrons. The highest BCUT2D eigenvalue weighted by atomic mass is 35.5. The molecule has 0 bridgehead atoms. The second-order valence-electron chi connectivity index (χ2n) is 3.02. The van der Waals surface area contributed by atoms with E-state index in [1.54, 1.807) is 0 Å². The number of nitro groups is 1. The van der Waals surface area contributed by atoms with Crippen LogP contribution in [0.3, 0.4) is 0 Å². The van der Waals surface area contributed by atoms with E-state index >= 15 is 0 Å². The smallest absolute Gasteiger partial charge is 0.408 e. The van der Waals surface area contributed by atoms with Gasteiger partial charge in [0.1, 0.15) is 0 Å². The number of carbonyl (C=O) groups is 1. The van der Waals surface area contributed by atoms with Crippen molar-refractivity contribution in [1.82, 2.24) is 9.78 Å². The summed E-state index contributed by atoms with van der Waals surface area (Å²) in [5, 5.41) is 22.5. The van der Waals surface area contributed by atoms with Gasteiger partial charge in [0, 0.05) is 0 Å². The first-order valence-corrected chi connectivity index (χ1v) is 4.39. The third-order valence-corrected chi connectivity index (χ3v) is 2.02. The fourth-order valence-corrected chi connectivity index (χ4v) is 1.18. The summed E-state index contributed by atoms with van der Waals surface area (Å²) in [5.41, 5.74) is 0. The lowest BCUT2D eigenvalue weighted by atomic mass is 10.2. The largest absolute Gasteiger partial charge is 0.481 e. The number of rotatable bonds is 4. The van der Waals surface area contributed by atoms with Crippen LogP contribution >= 0.6 is 11.6 Å². The fourth-order valence-electron chi connectivity index (χ4n) is 0.963. The number of aliphatic carboxylic acids is 1. The molecule has 0 saturated carbocycles. The average molecular weight is 234 g/mol. The Kier molecular flexibility index (Phi) is 3.25. The molecule has 0 radical (unpaired) electrons. The van der Waals surface area contributed by atoms with Crippen molar-refractivity contribution in [2.75, 3.05) is 0 Å². The quantitative estimate of drug-likeness (QED) is 0.622. The lowest BCUT2D eigenvalue weighted by Gasteiger charge is -2.01. The number of carboxylic acids is 1. The molecule has 7 nitrogen and oxygen atoms in total. The van der Waals surface area contributed by atoms with Crippen molar-refractivity contribution in [3.63, 3.8) is 0 Å². The first-order valence-electron chi connectivity index (χ1n) is 4.02. The van der Waals surface area contributed by atoms with E-state index in [4.69, 9.17) is 16.7 Å². The molecule has 1 heterocycles. The lowest BCUT2D eigenvalue weighted by molar-refractivity contribution is -0.389. The molecule has 1 aromatic heterocycles. The molecule has 8 heteroatoms. The van der Waals surface area contributed by atoms with Gasteiger partial charge in [-0.25, -0.2) is 0 Å². The predicted molar refractivity (Wildman–Crippen MR) is 50.7 cm³/mol. The van der Waals surface area contributed by atoms with Gasteiger partial charge in [-0.05, 0) is 4.92 Å². The third-order valence-electron chi connectivity index (χ3n) is 1.75. The van der Waals surface area contributed by atoms with Gasteiger partial charge in [0.05, 0.1) is 23.8 Å². The molecule has 15 heavy (non-hydrogen) atoms. The Morgan fingerprint density at radius 3 is 2.87 bits per heavy atom. The highest BCUT2D eigenvalue weighted by molar-refractivity contribution is 6.32. The Balaban J connectivity index is 2.84. The van der Waals surface area contributed by atoms with Crippen molar-refractivity contribution in [2.45, 2.75) is 13.5 Å². The SMILES string of the molecule is CC(Cn1cc(Cl)c([N+](=O)[O-])n1)C(=O)O. The summed E-state index contributed by atoms with van der Waals surface area (Å²) < 4.78 is 1.15. The summed E-state index contributed by atoms with van der Waals surface area (Å²) in [7, 11) is 0. The zero-order valence-electron chi connectivity index (χ0n) is 7.75. The van der Waals surface area contributed by atoms with Gasteiger partial charge < -0.3 is 15.2 Å². The number of aromatic nitrogens is 2. The van der Waals surface area contributed by atoms with E-state index in [1.807, 2.05) is 0 Å². The summed E-state index contributed by atoms with van der Waals surface area (Å²) in [5.74, 6) is -2.14. The summed E-state index contributed by atoms with van der Waals surface area (Å²) >= 11 is 5.53. The first-order chi connectivity index (χ1) is 6.91. The van der Waals surface area contributed by atoms with Gasteiger partial charge >= 0.3 is 11.8 Å². The topological polar surface area (TPSA) is 98.3 Å². The second-order valence-corrected chi connectivity index (χ2v) is 3.43. The van der Waals surface area contributed by atoms with Crippen LogP contribution in [0.5, 0.6) is 0 Å². The van der Waals surface area contributed by atoms with E-state index in [0.717, 1.165) is 4.68 Å². The predicted octanol–water partition coefficient (Wildman–Crippen LogP) is 1.17. The maximum Gasteiger partial charge on any atom is 0.408 e. The molecular formula is C7H8ClN3O4. The van der Waals surface area contributed by atoms with E-state index < -0.39 is 22.6 Å². The van der Waals surface area contributed by atoms with E-state index in [0.29, 0.717) is 0 Å². The summed E-state index contributed by atoms with van der Waals surface area (Å²) in [4.78, 5) is 20.2. The minimum Gasteiger partial charge on any atom is -0.481 e. The Hall–Kier alpha value is -1.63. The van der Waals surface area contributed by atoms with Crippen molar-refractivity contribution < 1.29 is 14.8 Å². The number of hydrogen-bond acceptors (Lipinski definition) is 4. The number of halogens is 1. The van der Waals surface area contributed by atoms with Crippen LogP contribution in [0.2, 0.25) is 5.02 Å². The normalized spacial score (nSPS) is 12.4. The van der Waals surface area contributed by atoms with Crippen LogP contribution in [-0.4, -0.2) is 25.8 Å². The Morgan fingerprint density at radius 2 is 2.47 bits per heavy atom. The number of nitrogens with zero attached hydrogens (tertiary/aromatic N) is 3. The molecule has 0 aliphatic heterocycles.